The van der Waals surface area contributed by atoms with Crippen LogP contribution in [-0.4, -0.2) is 19.7 Å². The van der Waals surface area contributed by atoms with E-state index in [4.69, 9.17) is 4.74 Å². The van der Waals surface area contributed by atoms with Crippen molar-refractivity contribution in [2.75, 3.05) is 6.61 Å². The average Bonchev–Trinajstić information content (AvgIpc) is 2.84. The summed E-state index contributed by atoms with van der Waals surface area (Å²) in [4.78, 5) is 3.41. The highest BCUT2D eigenvalue weighted by molar-refractivity contribution is 6.88. The molecule has 2 nitrogen and oxygen atoms in total. The largest absolute Gasteiger partial charge is 0.376 e. The minimum absolute atomic E-state index is 0.702. The van der Waals surface area contributed by atoms with Crippen LogP contribution in [0.25, 0.3) is 0 Å². The van der Waals surface area contributed by atoms with Crippen molar-refractivity contribution in [3.8, 4) is 0 Å². The molecule has 0 atom stereocenters. The number of nitrogens with one attached hydrogen (secondary N) is 1. The highest BCUT2D eigenvalue weighted by Crippen LogP contribution is 2.07. The fourth-order valence-electron chi connectivity index (χ4n) is 2.25. The molecule has 3 heteroatoms. The quantitative estimate of drug-likeness (QED) is 0.634. The number of aromatic nitrogens is 1. The predicted octanol–water partition coefficient (Wildman–Crippen LogP) is 3.32. The minimum Gasteiger partial charge on any atom is -0.376 e. The summed E-state index contributed by atoms with van der Waals surface area (Å²) >= 11 is 0. The topological polar surface area (TPSA) is 25.0 Å². The second kappa shape index (κ2) is 6.22. The van der Waals surface area contributed by atoms with E-state index in [0.29, 0.717) is 6.61 Å². The third-order valence-corrected chi connectivity index (χ3v) is 5.18. The summed E-state index contributed by atoms with van der Waals surface area (Å²) in [6.45, 7) is 8.59. The van der Waals surface area contributed by atoms with E-state index in [9.17, 15) is 0 Å². The third kappa shape index (κ3) is 4.08. The Hall–Kier alpha value is -1.32. The lowest BCUT2D eigenvalue weighted by atomic mass is 10.2. The van der Waals surface area contributed by atoms with Crippen molar-refractivity contribution in [2.24, 2.45) is 0 Å². The van der Waals surface area contributed by atoms with E-state index in [1.54, 1.807) is 0 Å². The van der Waals surface area contributed by atoms with Gasteiger partial charge in [0, 0.05) is 11.5 Å². The number of H-pyrrole nitrogens is 1. The molecule has 1 aromatic heterocycles. The molecule has 2 aromatic rings. The molecule has 0 saturated heterocycles. The Kier molecular flexibility index (Phi) is 4.61. The first kappa shape index (κ1) is 14.1. The second-order valence-corrected chi connectivity index (χ2v) is 10.9. The molecular weight excluding hydrogens is 250 g/mol. The lowest BCUT2D eigenvalue weighted by Gasteiger charge is -2.17. The van der Waals surface area contributed by atoms with Gasteiger partial charge in [-0.15, -0.1) is 0 Å². The molecule has 1 heterocycles. The van der Waals surface area contributed by atoms with Gasteiger partial charge >= 0.3 is 0 Å². The zero-order valence-corrected chi connectivity index (χ0v) is 13.1. The van der Waals surface area contributed by atoms with Gasteiger partial charge in [-0.25, -0.2) is 0 Å². The van der Waals surface area contributed by atoms with Crippen molar-refractivity contribution in [3.05, 3.63) is 53.7 Å². The van der Waals surface area contributed by atoms with E-state index in [-0.39, 0.29) is 0 Å². The van der Waals surface area contributed by atoms with Crippen LogP contribution < -0.4 is 5.32 Å². The average molecular weight is 273 g/mol. The summed E-state index contributed by atoms with van der Waals surface area (Å²) in [6, 6.07) is 12.5. The fraction of sp³-hybridized carbons (Fsp3) is 0.375. The SMILES string of the molecule is C[Si](C)(C)c1[nH]ccc1CCOCc1ccccc1. The summed E-state index contributed by atoms with van der Waals surface area (Å²) in [5.41, 5.74) is 2.66. The molecule has 0 spiro atoms. The van der Waals surface area contributed by atoms with Crippen LogP contribution in [0.2, 0.25) is 19.6 Å². The molecule has 2 rings (SSSR count). The lowest BCUT2D eigenvalue weighted by molar-refractivity contribution is 0.124. The number of rotatable bonds is 6. The van der Waals surface area contributed by atoms with Crippen LogP contribution in [-0.2, 0) is 17.8 Å². The Morgan fingerprint density at radius 2 is 1.79 bits per heavy atom. The van der Waals surface area contributed by atoms with Gasteiger partial charge in [0.1, 0.15) is 0 Å². The van der Waals surface area contributed by atoms with E-state index in [1.807, 2.05) is 18.2 Å². The Labute approximate surface area is 116 Å². The Morgan fingerprint density at radius 1 is 1.05 bits per heavy atom. The van der Waals surface area contributed by atoms with Gasteiger partial charge in [0.25, 0.3) is 0 Å². The van der Waals surface area contributed by atoms with Crippen molar-refractivity contribution in [1.82, 2.24) is 4.98 Å². The molecule has 1 N–H and O–H groups in total. The fourth-order valence-corrected chi connectivity index (χ4v) is 3.94. The van der Waals surface area contributed by atoms with Gasteiger partial charge in [-0.2, -0.15) is 0 Å². The first-order valence-electron chi connectivity index (χ1n) is 6.86. The molecule has 0 saturated carbocycles. The Balaban J connectivity index is 1.82. The standard InChI is InChI=1S/C16H23NOSi/c1-19(2,3)16-15(9-11-17-16)10-12-18-13-14-7-5-4-6-8-14/h4-9,11,17H,10,12-13H2,1-3H3. The summed E-state index contributed by atoms with van der Waals surface area (Å²) in [7, 11) is -1.26. The molecule has 19 heavy (non-hydrogen) atoms. The van der Waals surface area contributed by atoms with Crippen molar-refractivity contribution in [1.29, 1.82) is 0 Å². The minimum atomic E-state index is -1.26. The smallest absolute Gasteiger partial charge is 0.0985 e. The zero-order valence-electron chi connectivity index (χ0n) is 12.1. The molecule has 0 aliphatic heterocycles. The number of hydrogen-bond acceptors (Lipinski definition) is 1. The third-order valence-electron chi connectivity index (χ3n) is 3.21. The zero-order chi connectivity index (χ0) is 13.7. The first-order chi connectivity index (χ1) is 9.07. The molecule has 0 amide bonds. The molecule has 102 valence electrons. The van der Waals surface area contributed by atoms with Crippen LogP contribution in [0, 0.1) is 0 Å². The van der Waals surface area contributed by atoms with Crippen LogP contribution in [0.15, 0.2) is 42.6 Å². The van der Waals surface area contributed by atoms with Crippen molar-refractivity contribution < 1.29 is 4.74 Å². The maximum Gasteiger partial charge on any atom is 0.0985 e. The van der Waals surface area contributed by atoms with Gasteiger partial charge in [-0.1, -0.05) is 50.0 Å². The van der Waals surface area contributed by atoms with Crippen LogP contribution in [0.4, 0.5) is 0 Å². The normalized spacial score (nSPS) is 11.7. The highest BCUT2D eigenvalue weighted by Gasteiger charge is 2.20. The van der Waals surface area contributed by atoms with Gasteiger partial charge in [0.05, 0.1) is 21.3 Å². The van der Waals surface area contributed by atoms with Crippen LogP contribution in [0.5, 0.6) is 0 Å². The van der Waals surface area contributed by atoms with Gasteiger partial charge in [-0.3, -0.25) is 0 Å². The van der Waals surface area contributed by atoms with E-state index >= 15 is 0 Å². The lowest BCUT2D eigenvalue weighted by Crippen LogP contribution is -2.41. The molecule has 0 bridgehead atoms. The predicted molar refractivity (Wildman–Crippen MR) is 83.6 cm³/mol. The first-order valence-corrected chi connectivity index (χ1v) is 10.4. The molecule has 0 aliphatic carbocycles. The van der Waals surface area contributed by atoms with E-state index in [0.717, 1.165) is 13.0 Å². The van der Waals surface area contributed by atoms with Crippen molar-refractivity contribution in [2.45, 2.75) is 32.7 Å². The monoisotopic (exact) mass is 273 g/mol. The van der Waals surface area contributed by atoms with E-state index in [1.165, 1.54) is 16.4 Å². The number of hydrogen-bond donors (Lipinski definition) is 1. The highest BCUT2D eigenvalue weighted by atomic mass is 28.3. The molecule has 1 aromatic carbocycles. The Morgan fingerprint density at radius 3 is 2.47 bits per heavy atom. The maximum absolute atomic E-state index is 5.76. The van der Waals surface area contributed by atoms with Crippen LogP contribution in [0.3, 0.4) is 0 Å². The maximum atomic E-state index is 5.76. The molecule has 0 aliphatic rings. The van der Waals surface area contributed by atoms with Gasteiger partial charge in [-0.05, 0) is 23.6 Å². The molecule has 0 fully saturated rings. The van der Waals surface area contributed by atoms with E-state index in [2.05, 4.69) is 49.0 Å². The van der Waals surface area contributed by atoms with Crippen molar-refractivity contribution in [3.63, 3.8) is 0 Å². The van der Waals surface area contributed by atoms with Gasteiger partial charge < -0.3 is 9.72 Å². The number of aromatic amines is 1. The van der Waals surface area contributed by atoms with Crippen LogP contribution in [0.1, 0.15) is 11.1 Å². The Bertz CT molecular complexity index is 499. The van der Waals surface area contributed by atoms with E-state index < -0.39 is 8.07 Å². The van der Waals surface area contributed by atoms with Crippen molar-refractivity contribution >= 4 is 13.4 Å². The summed E-state index contributed by atoms with van der Waals surface area (Å²) in [5.74, 6) is 0. The van der Waals surface area contributed by atoms with Gasteiger partial charge in [0.15, 0.2) is 0 Å². The number of ether oxygens (including phenoxy) is 1. The molecule has 0 radical (unpaired) electrons. The summed E-state index contributed by atoms with van der Waals surface area (Å²) in [5, 5.41) is 1.45. The summed E-state index contributed by atoms with van der Waals surface area (Å²) < 4.78 is 5.76. The number of benzene rings is 1. The summed E-state index contributed by atoms with van der Waals surface area (Å²) in [6.07, 6.45) is 3.05. The molecule has 0 unspecified atom stereocenters. The molecular formula is C16H23NOSi. The van der Waals surface area contributed by atoms with Crippen LogP contribution >= 0.6 is 0 Å². The van der Waals surface area contributed by atoms with Gasteiger partial charge in [0.2, 0.25) is 0 Å². The second-order valence-electron chi connectivity index (χ2n) is 5.92.